The highest BCUT2D eigenvalue weighted by Crippen LogP contribution is 2.26. The number of rotatable bonds is 4. The lowest BCUT2D eigenvalue weighted by atomic mass is 10.0. The van der Waals surface area contributed by atoms with E-state index in [1.54, 1.807) is 6.20 Å². The summed E-state index contributed by atoms with van der Waals surface area (Å²) in [5.74, 6) is 0.0341. The van der Waals surface area contributed by atoms with Gasteiger partial charge in [-0.25, -0.2) is 0 Å². The molecule has 0 spiro atoms. The van der Waals surface area contributed by atoms with Gasteiger partial charge in [-0.3, -0.25) is 9.78 Å². The van der Waals surface area contributed by atoms with Gasteiger partial charge in [-0.15, -0.1) is 0 Å². The van der Waals surface area contributed by atoms with Crippen molar-refractivity contribution < 1.29 is 4.79 Å². The number of aromatic nitrogens is 1. The molecule has 0 saturated carbocycles. The maximum absolute atomic E-state index is 12.8. The summed E-state index contributed by atoms with van der Waals surface area (Å²) in [5.41, 5.74) is 3.82. The number of likely N-dealkylation sites (tertiary alicyclic amines) is 1. The molecule has 0 bridgehead atoms. The molecule has 1 amide bonds. The monoisotopic (exact) mass is 357 g/mol. The molecule has 1 fully saturated rings. The van der Waals surface area contributed by atoms with E-state index in [9.17, 15) is 4.79 Å². The van der Waals surface area contributed by atoms with E-state index >= 15 is 0 Å². The third kappa shape index (κ3) is 4.13. The van der Waals surface area contributed by atoms with Crippen molar-refractivity contribution in [3.8, 4) is 0 Å². The zero-order chi connectivity index (χ0) is 17.8. The van der Waals surface area contributed by atoms with Gasteiger partial charge in [-0.2, -0.15) is 0 Å². The highest BCUT2D eigenvalue weighted by atomic mass is 35.5. The van der Waals surface area contributed by atoms with Crippen LogP contribution in [-0.4, -0.2) is 28.4 Å². The highest BCUT2D eigenvalue weighted by Gasteiger charge is 2.25. The summed E-state index contributed by atoms with van der Waals surface area (Å²) < 4.78 is 0. The molecule has 132 valence electrons. The Kier molecular flexibility index (Phi) is 5.59. The van der Waals surface area contributed by atoms with Crippen molar-refractivity contribution in [2.24, 2.45) is 0 Å². The first-order valence-electron chi connectivity index (χ1n) is 8.80. The van der Waals surface area contributed by atoms with Crippen LogP contribution in [0.4, 0.5) is 5.69 Å². The fourth-order valence-electron chi connectivity index (χ4n) is 3.23. The van der Waals surface area contributed by atoms with Gasteiger partial charge < -0.3 is 10.2 Å². The molecule has 2 aromatic rings. The predicted octanol–water partition coefficient (Wildman–Crippen LogP) is 4.67. The molecule has 1 aromatic carbocycles. The van der Waals surface area contributed by atoms with E-state index in [2.05, 4.69) is 24.1 Å². The average Bonchev–Trinajstić information content (AvgIpc) is 2.61. The van der Waals surface area contributed by atoms with Crippen molar-refractivity contribution in [3.05, 3.63) is 58.4 Å². The molecule has 25 heavy (non-hydrogen) atoms. The Morgan fingerprint density at radius 3 is 2.92 bits per heavy atom. The lowest BCUT2D eigenvalue weighted by molar-refractivity contribution is 0.0636. The molecule has 3 rings (SSSR count). The zero-order valence-electron chi connectivity index (χ0n) is 14.8. The Bertz CT molecular complexity index is 762. The van der Waals surface area contributed by atoms with Gasteiger partial charge in [0.1, 0.15) is 0 Å². The molecular formula is C20H24ClN3O. The second-order valence-corrected chi connectivity index (χ2v) is 7.10. The number of piperidine rings is 1. The third-order valence-electron chi connectivity index (χ3n) is 4.89. The number of halogens is 1. The second-order valence-electron chi connectivity index (χ2n) is 6.69. The molecule has 5 heteroatoms. The van der Waals surface area contributed by atoms with Crippen LogP contribution in [0.1, 0.15) is 47.7 Å². The maximum atomic E-state index is 12.8. The van der Waals surface area contributed by atoms with Crippen LogP contribution < -0.4 is 5.32 Å². The molecule has 1 unspecified atom stereocenters. The number of aryl methyl sites for hydroxylation is 1. The van der Waals surface area contributed by atoms with Crippen molar-refractivity contribution in [1.82, 2.24) is 9.88 Å². The smallest absolute Gasteiger partial charge is 0.255 e. The largest absolute Gasteiger partial charge is 0.381 e. The minimum atomic E-state index is 0.0341. The molecule has 1 saturated heterocycles. The van der Waals surface area contributed by atoms with Gasteiger partial charge in [0, 0.05) is 37.2 Å². The summed E-state index contributed by atoms with van der Waals surface area (Å²) >= 11 is 6.40. The van der Waals surface area contributed by atoms with Crippen LogP contribution in [0.3, 0.4) is 0 Å². The topological polar surface area (TPSA) is 45.2 Å². The van der Waals surface area contributed by atoms with Gasteiger partial charge in [0.15, 0.2) is 0 Å². The fraction of sp³-hybridized carbons (Fsp3) is 0.400. The summed E-state index contributed by atoms with van der Waals surface area (Å²) in [6.07, 6.45) is 6.97. The van der Waals surface area contributed by atoms with E-state index in [1.165, 1.54) is 12.0 Å². The molecule has 0 aliphatic carbocycles. The molecule has 2 heterocycles. The second kappa shape index (κ2) is 7.87. The highest BCUT2D eigenvalue weighted by molar-refractivity contribution is 6.34. The van der Waals surface area contributed by atoms with Gasteiger partial charge in [0.2, 0.25) is 0 Å². The number of hydrogen-bond acceptors (Lipinski definition) is 3. The van der Waals surface area contributed by atoms with Gasteiger partial charge in [0.25, 0.3) is 5.91 Å². The number of anilines is 1. The molecule has 1 N–H and O–H groups in total. The standard InChI is InChI=1S/C20H24ClN3O/c1-14-8-9-22-12-16(14)13-23-17-6-7-18(19(21)11-17)20(25)24-10-4-3-5-15(24)2/h6-9,11-12,15,23H,3-5,10,13H2,1-2H3. The number of nitrogens with one attached hydrogen (secondary N) is 1. The molecule has 1 aromatic heterocycles. The fourth-order valence-corrected chi connectivity index (χ4v) is 3.49. The van der Waals surface area contributed by atoms with E-state index in [0.29, 0.717) is 17.1 Å². The molecule has 1 aliphatic heterocycles. The number of hydrogen-bond donors (Lipinski definition) is 1. The van der Waals surface area contributed by atoms with Crippen molar-refractivity contribution in [3.63, 3.8) is 0 Å². The maximum Gasteiger partial charge on any atom is 0.255 e. The summed E-state index contributed by atoms with van der Waals surface area (Å²) in [6, 6.07) is 7.84. The number of carbonyl (C=O) groups is 1. The Hall–Kier alpha value is -2.07. The van der Waals surface area contributed by atoms with Gasteiger partial charge in [-0.1, -0.05) is 11.6 Å². The van der Waals surface area contributed by atoms with Crippen LogP contribution in [0.5, 0.6) is 0 Å². The van der Waals surface area contributed by atoms with Crippen molar-refractivity contribution >= 4 is 23.2 Å². The SMILES string of the molecule is Cc1ccncc1CNc1ccc(C(=O)N2CCCCC2C)c(Cl)c1. The summed E-state index contributed by atoms with van der Waals surface area (Å²) in [7, 11) is 0. The summed E-state index contributed by atoms with van der Waals surface area (Å²) in [4.78, 5) is 18.9. The van der Waals surface area contributed by atoms with Crippen LogP contribution in [0.2, 0.25) is 5.02 Å². The van der Waals surface area contributed by atoms with Gasteiger partial charge in [-0.05, 0) is 68.5 Å². The third-order valence-corrected chi connectivity index (χ3v) is 5.21. The van der Waals surface area contributed by atoms with E-state index in [4.69, 9.17) is 11.6 Å². The molecule has 4 nitrogen and oxygen atoms in total. The number of pyridine rings is 1. The van der Waals surface area contributed by atoms with Crippen LogP contribution in [0, 0.1) is 6.92 Å². The average molecular weight is 358 g/mol. The molecular weight excluding hydrogens is 334 g/mol. The predicted molar refractivity (Wildman–Crippen MR) is 102 cm³/mol. The van der Waals surface area contributed by atoms with Crippen LogP contribution in [0.15, 0.2) is 36.7 Å². The van der Waals surface area contributed by atoms with E-state index in [1.807, 2.05) is 35.4 Å². The molecule has 1 atom stereocenters. The number of benzene rings is 1. The summed E-state index contributed by atoms with van der Waals surface area (Å²) in [5, 5.41) is 3.84. The lowest BCUT2D eigenvalue weighted by Crippen LogP contribution is -2.42. The van der Waals surface area contributed by atoms with E-state index in [-0.39, 0.29) is 11.9 Å². The Morgan fingerprint density at radius 1 is 1.36 bits per heavy atom. The minimum Gasteiger partial charge on any atom is -0.381 e. The van der Waals surface area contributed by atoms with E-state index < -0.39 is 0 Å². The van der Waals surface area contributed by atoms with Crippen molar-refractivity contribution in [2.75, 3.05) is 11.9 Å². The summed E-state index contributed by atoms with van der Waals surface area (Å²) in [6.45, 7) is 5.66. The lowest BCUT2D eigenvalue weighted by Gasteiger charge is -2.33. The normalized spacial score (nSPS) is 17.4. The van der Waals surface area contributed by atoms with Crippen molar-refractivity contribution in [2.45, 2.75) is 45.7 Å². The first kappa shape index (κ1) is 17.7. The van der Waals surface area contributed by atoms with Crippen molar-refractivity contribution in [1.29, 1.82) is 0 Å². The molecule has 0 radical (unpaired) electrons. The first-order chi connectivity index (χ1) is 12.1. The molecule has 1 aliphatic rings. The Labute approximate surface area is 154 Å². The Balaban J connectivity index is 1.70. The van der Waals surface area contributed by atoms with Gasteiger partial charge >= 0.3 is 0 Å². The van der Waals surface area contributed by atoms with Crippen LogP contribution in [-0.2, 0) is 6.54 Å². The van der Waals surface area contributed by atoms with E-state index in [0.717, 1.165) is 30.6 Å². The first-order valence-corrected chi connectivity index (χ1v) is 9.18. The number of nitrogens with zero attached hydrogens (tertiary/aromatic N) is 2. The quantitative estimate of drug-likeness (QED) is 0.864. The van der Waals surface area contributed by atoms with Crippen LogP contribution in [0.25, 0.3) is 0 Å². The van der Waals surface area contributed by atoms with Gasteiger partial charge in [0.05, 0.1) is 10.6 Å². The Morgan fingerprint density at radius 2 is 2.20 bits per heavy atom. The van der Waals surface area contributed by atoms with Crippen LogP contribution >= 0.6 is 11.6 Å². The number of amides is 1. The zero-order valence-corrected chi connectivity index (χ0v) is 15.5. The number of carbonyl (C=O) groups excluding carboxylic acids is 1. The minimum absolute atomic E-state index is 0.0341.